The zero-order chi connectivity index (χ0) is 11.7. The van der Waals surface area contributed by atoms with E-state index in [0.717, 1.165) is 12.2 Å². The van der Waals surface area contributed by atoms with Crippen molar-refractivity contribution in [3.63, 3.8) is 0 Å². The number of ketones is 2. The van der Waals surface area contributed by atoms with E-state index in [1.165, 1.54) is 27.7 Å². The minimum Gasteiger partial charge on any atom is -0.876 e. The molecule has 0 aliphatic carbocycles. The van der Waals surface area contributed by atoms with Crippen molar-refractivity contribution >= 4 is 21.7 Å². The third-order valence-electron chi connectivity index (χ3n) is 0.813. The smallest absolute Gasteiger partial charge is 0.876 e. The number of allylic oxidation sites excluding steroid dienone is 4. The zero-order valence-corrected chi connectivity index (χ0v) is 9.49. The van der Waals surface area contributed by atoms with E-state index in [0.29, 0.717) is 0 Å². The molecule has 0 atom stereocenters. The molecule has 0 spiro atoms. The molecule has 0 unspecified atom stereocenters. The van der Waals surface area contributed by atoms with Crippen molar-refractivity contribution in [2.45, 2.75) is 27.7 Å². The van der Waals surface area contributed by atoms with Crippen LogP contribution in [0.25, 0.3) is 0 Å². The van der Waals surface area contributed by atoms with Crippen LogP contribution < -0.4 is 10.2 Å². The Kier molecular flexibility index (Phi) is 13.7. The summed E-state index contributed by atoms with van der Waals surface area (Å²) in [6, 6.07) is 0. The summed E-state index contributed by atoms with van der Waals surface area (Å²) in [7, 11) is 0. The van der Waals surface area contributed by atoms with Crippen LogP contribution in [0.5, 0.6) is 0 Å². The zero-order valence-electron chi connectivity index (χ0n) is 9.49. The predicted molar refractivity (Wildman–Crippen MR) is 54.6 cm³/mol. The van der Waals surface area contributed by atoms with Crippen LogP contribution >= 0.6 is 0 Å². The first-order chi connectivity index (χ1) is 6.25. The van der Waals surface area contributed by atoms with Crippen molar-refractivity contribution in [2.24, 2.45) is 0 Å². The third-order valence-corrected chi connectivity index (χ3v) is 0.813. The molecule has 0 fully saturated rings. The standard InChI is InChI=1S/2C5H8O2.Be/c2*1-4(6)3-5(2)7;/h2*3,6H,1-2H3;/q;;+2/p-2/b2*4-3+;. The molecule has 0 heterocycles. The predicted octanol–water partition coefficient (Wildman–Crippen LogP) is -0.702. The summed E-state index contributed by atoms with van der Waals surface area (Å²) in [6.07, 6.45) is 2.11. The van der Waals surface area contributed by atoms with E-state index < -0.39 is 0 Å². The topological polar surface area (TPSA) is 80.3 Å². The van der Waals surface area contributed by atoms with E-state index >= 15 is 0 Å². The van der Waals surface area contributed by atoms with E-state index in [2.05, 4.69) is 0 Å². The van der Waals surface area contributed by atoms with Gasteiger partial charge in [-0.1, -0.05) is 13.8 Å². The van der Waals surface area contributed by atoms with Gasteiger partial charge in [-0.25, -0.2) is 0 Å². The summed E-state index contributed by atoms with van der Waals surface area (Å²) < 4.78 is 0. The van der Waals surface area contributed by atoms with Gasteiger partial charge in [0.2, 0.25) is 0 Å². The Balaban J connectivity index is -0.000000180. The maximum atomic E-state index is 9.98. The molecule has 0 amide bonds. The van der Waals surface area contributed by atoms with Crippen LogP contribution in [-0.2, 0) is 9.59 Å². The van der Waals surface area contributed by atoms with Gasteiger partial charge in [-0.2, -0.15) is 0 Å². The molecule has 0 aromatic heterocycles. The maximum absolute atomic E-state index is 9.98. The molecule has 0 rings (SSSR count). The Bertz CT molecular complexity index is 231. The quantitative estimate of drug-likeness (QED) is 0.340. The average molecular weight is 207 g/mol. The normalized spacial score (nSPS) is 10.7. The summed E-state index contributed by atoms with van der Waals surface area (Å²) in [5.74, 6) is -0.750. The van der Waals surface area contributed by atoms with Crippen LogP contribution in [0.3, 0.4) is 0 Å². The largest absolute Gasteiger partial charge is 2.00 e. The Hall–Kier alpha value is -1.41. The number of hydrogen-bond donors (Lipinski definition) is 0. The second-order valence-electron chi connectivity index (χ2n) is 2.73. The van der Waals surface area contributed by atoms with Crippen LogP contribution in [0.4, 0.5) is 0 Å². The monoisotopic (exact) mass is 207 g/mol. The molecule has 0 saturated heterocycles. The summed E-state index contributed by atoms with van der Waals surface area (Å²) in [5, 5.41) is 20.0. The Labute approximate surface area is 93.5 Å². The molecular formula is C10H14BeO4. The molecule has 0 aromatic rings. The van der Waals surface area contributed by atoms with Gasteiger partial charge in [-0.05, 0) is 26.0 Å². The van der Waals surface area contributed by atoms with Gasteiger partial charge in [0, 0.05) is 0 Å². The molecule has 15 heavy (non-hydrogen) atoms. The number of hydrogen-bond acceptors (Lipinski definition) is 4. The van der Waals surface area contributed by atoms with Crippen molar-refractivity contribution in [3.05, 3.63) is 23.7 Å². The fraction of sp³-hybridized carbons (Fsp3) is 0.400. The van der Waals surface area contributed by atoms with Crippen molar-refractivity contribution < 1.29 is 19.8 Å². The van der Waals surface area contributed by atoms with E-state index in [4.69, 9.17) is 0 Å². The van der Waals surface area contributed by atoms with Gasteiger partial charge >= 0.3 is 10.1 Å². The van der Waals surface area contributed by atoms with Crippen molar-refractivity contribution in [1.82, 2.24) is 0 Å². The molecule has 0 saturated carbocycles. The van der Waals surface area contributed by atoms with Gasteiger partial charge in [0.1, 0.15) is 0 Å². The average Bonchev–Trinajstić information content (AvgIpc) is 1.79. The third kappa shape index (κ3) is 32.5. The molecule has 0 bridgehead atoms. The first-order valence-electron chi connectivity index (χ1n) is 3.97. The fourth-order valence-electron chi connectivity index (χ4n) is 0.572. The molecule has 0 radical (unpaired) electrons. The molecule has 4 nitrogen and oxygen atoms in total. The van der Waals surface area contributed by atoms with Gasteiger partial charge in [-0.3, -0.25) is 9.59 Å². The van der Waals surface area contributed by atoms with Crippen molar-refractivity contribution in [1.29, 1.82) is 0 Å². The minimum atomic E-state index is -0.187. The second kappa shape index (κ2) is 10.7. The summed E-state index contributed by atoms with van der Waals surface area (Å²) in [5.41, 5.74) is 0. The number of rotatable bonds is 2. The first-order valence-corrected chi connectivity index (χ1v) is 3.97. The van der Waals surface area contributed by atoms with Crippen molar-refractivity contribution in [3.8, 4) is 0 Å². The van der Waals surface area contributed by atoms with Crippen LogP contribution in [-0.4, -0.2) is 21.7 Å². The number of carbonyl (C=O) groups is 2. The van der Waals surface area contributed by atoms with Crippen molar-refractivity contribution in [2.75, 3.05) is 0 Å². The first kappa shape index (κ1) is 19.2. The van der Waals surface area contributed by atoms with Gasteiger partial charge < -0.3 is 10.2 Å². The Morgan fingerprint density at radius 3 is 1.00 bits per heavy atom. The molecule has 0 aliphatic heterocycles. The number of carbonyl (C=O) groups excluding carboxylic acids is 2. The molecule has 5 heteroatoms. The summed E-state index contributed by atoms with van der Waals surface area (Å²) in [4.78, 5) is 20.0. The van der Waals surface area contributed by atoms with E-state index in [1.807, 2.05) is 0 Å². The van der Waals surface area contributed by atoms with Crippen LogP contribution in [0.1, 0.15) is 27.7 Å². The van der Waals surface area contributed by atoms with E-state index in [1.54, 1.807) is 0 Å². The van der Waals surface area contributed by atoms with Gasteiger partial charge in [0.25, 0.3) is 0 Å². The maximum Gasteiger partial charge on any atom is 2.00 e. The van der Waals surface area contributed by atoms with Crippen LogP contribution in [0.15, 0.2) is 23.7 Å². The van der Waals surface area contributed by atoms with E-state index in [9.17, 15) is 19.8 Å². The SMILES string of the molecule is CC(=O)/C=C(\C)[O-].CC(=O)/C=C(\C)[O-].[Be+2]. The summed E-state index contributed by atoms with van der Waals surface area (Å²) in [6.45, 7) is 5.39. The second-order valence-corrected chi connectivity index (χ2v) is 2.73. The van der Waals surface area contributed by atoms with Crippen LogP contribution in [0.2, 0.25) is 0 Å². The molecule has 0 aliphatic rings. The Morgan fingerprint density at radius 2 is 1.00 bits per heavy atom. The Morgan fingerprint density at radius 1 is 0.800 bits per heavy atom. The van der Waals surface area contributed by atoms with Gasteiger partial charge in [0.05, 0.1) is 0 Å². The van der Waals surface area contributed by atoms with E-state index in [-0.39, 0.29) is 33.2 Å². The molecule has 0 aromatic carbocycles. The van der Waals surface area contributed by atoms with Gasteiger partial charge in [-0.15, -0.1) is 11.5 Å². The molecule has 0 N–H and O–H groups in total. The minimum absolute atomic E-state index is 0. The fourth-order valence-corrected chi connectivity index (χ4v) is 0.572. The van der Waals surface area contributed by atoms with Crippen LogP contribution in [0, 0.1) is 0 Å². The summed E-state index contributed by atoms with van der Waals surface area (Å²) >= 11 is 0. The molecule has 80 valence electrons. The molecular weight excluding hydrogens is 193 g/mol. The van der Waals surface area contributed by atoms with Gasteiger partial charge in [0.15, 0.2) is 11.6 Å².